The number of halogens is 1. The maximum absolute atomic E-state index is 12.2. The first-order valence-electron chi connectivity index (χ1n) is 9.07. The number of carbonyl (C=O) groups is 2. The number of nitrogens with one attached hydrogen (secondary N) is 1. The molecule has 4 saturated carbocycles. The zero-order valence-corrected chi connectivity index (χ0v) is 15.4. The van der Waals surface area contributed by atoms with Crippen LogP contribution in [0.25, 0.3) is 0 Å². The van der Waals surface area contributed by atoms with Crippen molar-refractivity contribution in [2.24, 2.45) is 23.2 Å². The number of amides is 1. The van der Waals surface area contributed by atoms with Crippen LogP contribution in [0.1, 0.15) is 61.0 Å². The van der Waals surface area contributed by atoms with Crippen molar-refractivity contribution in [2.45, 2.75) is 51.4 Å². The van der Waals surface area contributed by atoms with Crippen molar-refractivity contribution in [3.05, 3.63) is 21.3 Å². The van der Waals surface area contributed by atoms with Gasteiger partial charge in [-0.3, -0.25) is 9.59 Å². The molecule has 1 N–H and O–H groups in total. The summed E-state index contributed by atoms with van der Waals surface area (Å²) in [7, 11) is 0. The van der Waals surface area contributed by atoms with Gasteiger partial charge in [-0.2, -0.15) is 0 Å². The third kappa shape index (κ3) is 3.41. The van der Waals surface area contributed by atoms with Gasteiger partial charge in [0.05, 0.1) is 9.21 Å². The average molecular weight is 366 g/mol. The minimum absolute atomic E-state index is 0.0110. The summed E-state index contributed by atoms with van der Waals surface area (Å²) in [5.41, 5.74) is 0.357. The van der Waals surface area contributed by atoms with Gasteiger partial charge >= 0.3 is 0 Å². The minimum atomic E-state index is 0.0110. The molecule has 3 nitrogen and oxygen atoms in total. The highest BCUT2D eigenvalue weighted by atomic mass is 35.5. The fourth-order valence-electron chi connectivity index (χ4n) is 5.70. The summed E-state index contributed by atoms with van der Waals surface area (Å²) in [5.74, 6) is 2.73. The van der Waals surface area contributed by atoms with Gasteiger partial charge in [0.2, 0.25) is 5.91 Å². The highest BCUT2D eigenvalue weighted by Gasteiger charge is 2.50. The predicted molar refractivity (Wildman–Crippen MR) is 96.5 cm³/mol. The molecule has 1 heterocycles. The van der Waals surface area contributed by atoms with Gasteiger partial charge < -0.3 is 5.32 Å². The lowest BCUT2D eigenvalue weighted by Crippen LogP contribution is -2.51. The van der Waals surface area contributed by atoms with Crippen LogP contribution in [0.3, 0.4) is 0 Å². The summed E-state index contributed by atoms with van der Waals surface area (Å²) in [5, 5.41) is 3.14. The first-order chi connectivity index (χ1) is 11.5. The smallest absolute Gasteiger partial charge is 0.220 e. The molecular weight excluding hydrogens is 342 g/mol. The SMILES string of the molecule is O=C(CCC(=O)c1ccc(Cl)s1)NCC12CC3CC(CC(C3)C1)C2. The van der Waals surface area contributed by atoms with E-state index >= 15 is 0 Å². The van der Waals surface area contributed by atoms with Crippen molar-refractivity contribution >= 4 is 34.6 Å². The molecule has 0 aliphatic heterocycles. The zero-order chi connectivity index (χ0) is 16.7. The number of thiophene rings is 1. The molecule has 5 heteroatoms. The molecule has 4 aliphatic carbocycles. The highest BCUT2D eigenvalue weighted by molar-refractivity contribution is 7.18. The second-order valence-electron chi connectivity index (χ2n) is 8.22. The summed E-state index contributed by atoms with van der Waals surface area (Å²) in [4.78, 5) is 24.9. The van der Waals surface area contributed by atoms with Gasteiger partial charge in [-0.15, -0.1) is 11.3 Å². The fourth-order valence-corrected chi connectivity index (χ4v) is 6.71. The third-order valence-electron chi connectivity index (χ3n) is 6.25. The van der Waals surface area contributed by atoms with Crippen molar-refractivity contribution in [2.75, 3.05) is 6.54 Å². The molecule has 0 atom stereocenters. The lowest BCUT2D eigenvalue weighted by Gasteiger charge is -2.56. The first-order valence-corrected chi connectivity index (χ1v) is 10.3. The quantitative estimate of drug-likeness (QED) is 0.743. The molecule has 130 valence electrons. The molecule has 0 radical (unpaired) electrons. The van der Waals surface area contributed by atoms with Crippen molar-refractivity contribution < 1.29 is 9.59 Å². The molecule has 1 amide bonds. The molecule has 4 bridgehead atoms. The van der Waals surface area contributed by atoms with Gasteiger partial charge in [0.25, 0.3) is 0 Å². The monoisotopic (exact) mass is 365 g/mol. The predicted octanol–water partition coefficient (Wildman–Crippen LogP) is 4.70. The Kier molecular flexibility index (Phi) is 4.46. The average Bonchev–Trinajstić information content (AvgIpc) is 2.96. The van der Waals surface area contributed by atoms with Crippen LogP contribution in [0, 0.1) is 23.2 Å². The van der Waals surface area contributed by atoms with E-state index in [0.29, 0.717) is 14.6 Å². The molecule has 0 spiro atoms. The third-order valence-corrected chi connectivity index (χ3v) is 7.52. The Bertz CT molecular complexity index is 618. The first kappa shape index (κ1) is 16.6. The second kappa shape index (κ2) is 6.45. The minimum Gasteiger partial charge on any atom is -0.356 e. The lowest BCUT2D eigenvalue weighted by atomic mass is 9.49. The topological polar surface area (TPSA) is 46.2 Å². The van der Waals surface area contributed by atoms with Crippen molar-refractivity contribution in [1.29, 1.82) is 0 Å². The summed E-state index contributed by atoms with van der Waals surface area (Å²) in [6, 6.07) is 3.47. The molecule has 24 heavy (non-hydrogen) atoms. The summed E-state index contributed by atoms with van der Waals surface area (Å²) in [6.07, 6.45) is 8.70. The standard InChI is InChI=1S/C19H24ClNO2S/c20-17-3-2-16(24-17)15(22)1-4-18(23)21-11-19-8-12-5-13(9-19)7-14(6-12)10-19/h2-3,12-14H,1,4-11H2,(H,21,23). The Balaban J connectivity index is 1.26. The molecule has 0 aromatic carbocycles. The number of hydrogen-bond acceptors (Lipinski definition) is 3. The van der Waals surface area contributed by atoms with Crippen molar-refractivity contribution in [3.8, 4) is 0 Å². The van der Waals surface area contributed by atoms with E-state index < -0.39 is 0 Å². The fraction of sp³-hybridized carbons (Fsp3) is 0.684. The van der Waals surface area contributed by atoms with Crippen LogP contribution >= 0.6 is 22.9 Å². The van der Waals surface area contributed by atoms with E-state index in [1.165, 1.54) is 49.9 Å². The molecule has 1 aromatic heterocycles. The van der Waals surface area contributed by atoms with E-state index in [4.69, 9.17) is 11.6 Å². The number of Topliss-reactive ketones (excluding diaryl/α,β-unsaturated/α-hetero) is 1. The number of ketones is 1. The molecule has 1 aromatic rings. The van der Waals surface area contributed by atoms with E-state index in [1.54, 1.807) is 12.1 Å². The Morgan fingerprint density at radius 1 is 1.08 bits per heavy atom. The van der Waals surface area contributed by atoms with Crippen LogP contribution in [0.4, 0.5) is 0 Å². The van der Waals surface area contributed by atoms with Crippen LogP contribution in [-0.2, 0) is 4.79 Å². The Labute approximate surface area is 152 Å². The molecule has 4 aliphatic rings. The van der Waals surface area contributed by atoms with Crippen LogP contribution in [0.15, 0.2) is 12.1 Å². The van der Waals surface area contributed by atoms with Crippen LogP contribution < -0.4 is 5.32 Å². The summed E-state index contributed by atoms with van der Waals surface area (Å²) >= 11 is 7.14. The largest absolute Gasteiger partial charge is 0.356 e. The van der Waals surface area contributed by atoms with E-state index in [0.717, 1.165) is 24.3 Å². The van der Waals surface area contributed by atoms with Crippen molar-refractivity contribution in [3.63, 3.8) is 0 Å². The molecule has 4 fully saturated rings. The lowest BCUT2D eigenvalue weighted by molar-refractivity contribution is -0.123. The van der Waals surface area contributed by atoms with E-state index in [-0.39, 0.29) is 24.5 Å². The maximum atomic E-state index is 12.2. The van der Waals surface area contributed by atoms with Gasteiger partial charge in [0, 0.05) is 19.4 Å². The van der Waals surface area contributed by atoms with Gasteiger partial charge in [0.1, 0.15) is 0 Å². The Morgan fingerprint density at radius 2 is 1.71 bits per heavy atom. The number of hydrogen-bond donors (Lipinski definition) is 1. The van der Waals surface area contributed by atoms with Gasteiger partial charge in [0.15, 0.2) is 5.78 Å². The number of rotatable bonds is 6. The Hall–Kier alpha value is -0.870. The van der Waals surface area contributed by atoms with Gasteiger partial charge in [-0.1, -0.05) is 11.6 Å². The van der Waals surface area contributed by atoms with Crippen LogP contribution in [-0.4, -0.2) is 18.2 Å². The molecule has 5 rings (SSSR count). The normalized spacial score (nSPS) is 33.6. The molecule has 0 unspecified atom stereocenters. The van der Waals surface area contributed by atoms with E-state index in [1.807, 2.05) is 0 Å². The summed E-state index contributed by atoms with van der Waals surface area (Å²) < 4.78 is 0.615. The van der Waals surface area contributed by atoms with E-state index in [2.05, 4.69) is 5.32 Å². The van der Waals surface area contributed by atoms with Gasteiger partial charge in [-0.25, -0.2) is 0 Å². The van der Waals surface area contributed by atoms with Crippen LogP contribution in [0.5, 0.6) is 0 Å². The van der Waals surface area contributed by atoms with Crippen molar-refractivity contribution in [1.82, 2.24) is 5.32 Å². The maximum Gasteiger partial charge on any atom is 0.220 e. The van der Waals surface area contributed by atoms with Crippen LogP contribution in [0.2, 0.25) is 4.34 Å². The highest BCUT2D eigenvalue weighted by Crippen LogP contribution is 2.59. The second-order valence-corrected chi connectivity index (χ2v) is 9.94. The summed E-state index contributed by atoms with van der Waals surface area (Å²) in [6.45, 7) is 0.814. The van der Waals surface area contributed by atoms with E-state index in [9.17, 15) is 9.59 Å². The number of carbonyl (C=O) groups excluding carboxylic acids is 2. The Morgan fingerprint density at radius 3 is 2.25 bits per heavy atom. The molecular formula is C19H24ClNO2S. The molecule has 0 saturated heterocycles. The van der Waals surface area contributed by atoms with Gasteiger partial charge in [-0.05, 0) is 73.8 Å². The zero-order valence-electron chi connectivity index (χ0n) is 13.9.